The van der Waals surface area contributed by atoms with Gasteiger partial charge in [0, 0.05) is 43.3 Å². The van der Waals surface area contributed by atoms with Gasteiger partial charge in [-0.1, -0.05) is 12.1 Å². The van der Waals surface area contributed by atoms with Crippen molar-refractivity contribution in [2.75, 3.05) is 13.1 Å². The number of piperidine rings is 1. The maximum atomic E-state index is 12.4. The minimum atomic E-state index is -0.0279. The van der Waals surface area contributed by atoms with Crippen LogP contribution in [0.1, 0.15) is 30.0 Å². The van der Waals surface area contributed by atoms with Crippen LogP contribution in [0.15, 0.2) is 55.0 Å². The van der Waals surface area contributed by atoms with Crippen molar-refractivity contribution in [3.05, 3.63) is 66.2 Å². The molecule has 2 aromatic heterocycles. The molecule has 4 rings (SSSR count). The van der Waals surface area contributed by atoms with Crippen LogP contribution in [0.2, 0.25) is 0 Å². The Morgan fingerprint density at radius 2 is 2.07 bits per heavy atom. The molecule has 3 heterocycles. The molecular weight excluding hydrogens is 340 g/mol. The van der Waals surface area contributed by atoms with Gasteiger partial charge in [-0.05, 0) is 49.2 Å². The molecule has 0 saturated carbocycles. The van der Waals surface area contributed by atoms with Crippen LogP contribution >= 0.6 is 0 Å². The Morgan fingerprint density at radius 1 is 1.19 bits per heavy atom. The van der Waals surface area contributed by atoms with Crippen LogP contribution in [-0.2, 0) is 17.9 Å². The van der Waals surface area contributed by atoms with E-state index in [1.807, 2.05) is 52.0 Å². The Kier molecular flexibility index (Phi) is 5.29. The summed E-state index contributed by atoms with van der Waals surface area (Å²) in [6.45, 7) is 2.78. The van der Waals surface area contributed by atoms with Crippen molar-refractivity contribution in [3.8, 4) is 5.69 Å². The number of benzene rings is 1. The molecular formula is C20H24N6O. The summed E-state index contributed by atoms with van der Waals surface area (Å²) in [4.78, 5) is 12.4. The van der Waals surface area contributed by atoms with Gasteiger partial charge >= 0.3 is 0 Å². The zero-order valence-electron chi connectivity index (χ0n) is 15.2. The van der Waals surface area contributed by atoms with Crippen molar-refractivity contribution in [1.82, 2.24) is 30.2 Å². The lowest BCUT2D eigenvalue weighted by Crippen LogP contribution is -2.32. The highest BCUT2D eigenvalue weighted by atomic mass is 16.2. The molecule has 1 amide bonds. The molecule has 7 heteroatoms. The summed E-state index contributed by atoms with van der Waals surface area (Å²) in [6.07, 6.45) is 7.74. The highest BCUT2D eigenvalue weighted by molar-refractivity contribution is 5.75. The van der Waals surface area contributed by atoms with Gasteiger partial charge < -0.3 is 10.6 Å². The van der Waals surface area contributed by atoms with Gasteiger partial charge in [0.1, 0.15) is 6.54 Å². The smallest absolute Gasteiger partial charge is 0.242 e. The molecule has 0 spiro atoms. The lowest BCUT2D eigenvalue weighted by molar-refractivity contribution is -0.122. The first kappa shape index (κ1) is 17.5. The number of nitrogens with one attached hydrogen (secondary N) is 2. The van der Waals surface area contributed by atoms with Crippen LogP contribution in [0.5, 0.6) is 0 Å². The van der Waals surface area contributed by atoms with Crippen molar-refractivity contribution in [2.24, 2.45) is 0 Å². The van der Waals surface area contributed by atoms with E-state index in [2.05, 4.69) is 20.8 Å². The predicted octanol–water partition coefficient (Wildman–Crippen LogP) is 1.85. The second-order valence-electron chi connectivity index (χ2n) is 6.85. The molecule has 0 aliphatic carbocycles. The van der Waals surface area contributed by atoms with E-state index in [1.165, 1.54) is 0 Å². The van der Waals surface area contributed by atoms with E-state index in [9.17, 15) is 4.79 Å². The molecule has 1 saturated heterocycles. The number of carbonyl (C=O) groups excluding carboxylic acids is 1. The summed E-state index contributed by atoms with van der Waals surface area (Å²) in [5, 5.41) is 15.0. The minimum absolute atomic E-state index is 0.0279. The molecule has 1 atom stereocenters. The van der Waals surface area contributed by atoms with Crippen LogP contribution in [0, 0.1) is 0 Å². The molecule has 0 bridgehead atoms. The minimum Gasteiger partial charge on any atom is -0.350 e. The summed E-state index contributed by atoms with van der Waals surface area (Å²) >= 11 is 0. The maximum Gasteiger partial charge on any atom is 0.242 e. The lowest BCUT2D eigenvalue weighted by Gasteiger charge is -2.23. The summed E-state index contributed by atoms with van der Waals surface area (Å²) in [5.74, 6) is 0.406. The molecule has 1 aliphatic rings. The van der Waals surface area contributed by atoms with E-state index in [-0.39, 0.29) is 12.5 Å². The Bertz CT molecular complexity index is 862. The van der Waals surface area contributed by atoms with Gasteiger partial charge in [0.25, 0.3) is 0 Å². The fourth-order valence-electron chi connectivity index (χ4n) is 3.51. The third-order valence-electron chi connectivity index (χ3n) is 4.95. The van der Waals surface area contributed by atoms with Gasteiger partial charge in [0.2, 0.25) is 5.91 Å². The molecule has 1 fully saturated rings. The van der Waals surface area contributed by atoms with Crippen molar-refractivity contribution in [2.45, 2.75) is 31.8 Å². The number of carbonyl (C=O) groups is 1. The van der Waals surface area contributed by atoms with Gasteiger partial charge in [-0.2, -0.15) is 10.2 Å². The van der Waals surface area contributed by atoms with Gasteiger partial charge in [0.15, 0.2) is 0 Å². The highest BCUT2D eigenvalue weighted by Crippen LogP contribution is 2.22. The monoisotopic (exact) mass is 364 g/mol. The quantitative estimate of drug-likeness (QED) is 0.700. The van der Waals surface area contributed by atoms with E-state index < -0.39 is 0 Å². The Labute approximate surface area is 158 Å². The van der Waals surface area contributed by atoms with E-state index in [0.29, 0.717) is 12.5 Å². The standard InChI is InChI=1S/C20H24N6O/c27-20(15-26-19(8-11-24-26)17-3-1-9-21-14-17)22-13-16-4-6-18(7-5-16)25-12-2-10-23-25/h2,4-8,10-12,17,21H,1,3,9,13-15H2,(H,22,27)/t17-/m0/s1. The van der Waals surface area contributed by atoms with Crippen molar-refractivity contribution in [1.29, 1.82) is 0 Å². The average molecular weight is 364 g/mol. The van der Waals surface area contributed by atoms with Gasteiger partial charge in [-0.3, -0.25) is 9.48 Å². The van der Waals surface area contributed by atoms with Gasteiger partial charge in [0.05, 0.1) is 5.69 Å². The average Bonchev–Trinajstić information content (AvgIpc) is 3.40. The number of hydrogen-bond donors (Lipinski definition) is 2. The summed E-state index contributed by atoms with van der Waals surface area (Å²) in [7, 11) is 0. The molecule has 0 unspecified atom stereocenters. The van der Waals surface area contributed by atoms with Gasteiger partial charge in [-0.25, -0.2) is 4.68 Å². The van der Waals surface area contributed by atoms with Crippen LogP contribution in [0.4, 0.5) is 0 Å². The Balaban J connectivity index is 1.32. The van der Waals surface area contributed by atoms with E-state index in [1.54, 1.807) is 12.4 Å². The highest BCUT2D eigenvalue weighted by Gasteiger charge is 2.19. The number of hydrogen-bond acceptors (Lipinski definition) is 4. The second kappa shape index (κ2) is 8.18. The van der Waals surface area contributed by atoms with Crippen molar-refractivity contribution >= 4 is 5.91 Å². The molecule has 140 valence electrons. The molecule has 27 heavy (non-hydrogen) atoms. The molecule has 1 aromatic carbocycles. The first-order valence-electron chi connectivity index (χ1n) is 9.38. The molecule has 2 N–H and O–H groups in total. The fraction of sp³-hybridized carbons (Fsp3) is 0.350. The van der Waals surface area contributed by atoms with Crippen molar-refractivity contribution in [3.63, 3.8) is 0 Å². The third kappa shape index (κ3) is 4.25. The van der Waals surface area contributed by atoms with Crippen LogP contribution in [0.25, 0.3) is 5.69 Å². The largest absolute Gasteiger partial charge is 0.350 e. The molecule has 7 nitrogen and oxygen atoms in total. The van der Waals surface area contributed by atoms with Crippen LogP contribution in [0.3, 0.4) is 0 Å². The number of aromatic nitrogens is 4. The van der Waals surface area contributed by atoms with Crippen molar-refractivity contribution < 1.29 is 4.79 Å². The third-order valence-corrected chi connectivity index (χ3v) is 4.95. The first-order valence-corrected chi connectivity index (χ1v) is 9.38. The predicted molar refractivity (Wildman–Crippen MR) is 102 cm³/mol. The van der Waals surface area contributed by atoms with Crippen LogP contribution < -0.4 is 10.6 Å². The zero-order chi connectivity index (χ0) is 18.5. The molecule has 3 aromatic rings. The second-order valence-corrected chi connectivity index (χ2v) is 6.85. The zero-order valence-corrected chi connectivity index (χ0v) is 15.2. The SMILES string of the molecule is O=C(Cn1nccc1[C@H]1CCCNC1)NCc1ccc(-n2cccn2)cc1. The van der Waals surface area contributed by atoms with E-state index >= 15 is 0 Å². The number of rotatable bonds is 6. The van der Waals surface area contributed by atoms with E-state index in [4.69, 9.17) is 0 Å². The summed E-state index contributed by atoms with van der Waals surface area (Å²) in [5.41, 5.74) is 3.19. The lowest BCUT2D eigenvalue weighted by atomic mass is 9.96. The topological polar surface area (TPSA) is 76.8 Å². The normalized spacial score (nSPS) is 17.0. The first-order chi connectivity index (χ1) is 13.3. The Hall–Kier alpha value is -2.93. The molecule has 0 radical (unpaired) electrons. The number of nitrogens with zero attached hydrogens (tertiary/aromatic N) is 4. The summed E-state index contributed by atoms with van der Waals surface area (Å²) in [6, 6.07) is 11.9. The van der Waals surface area contributed by atoms with Gasteiger partial charge in [-0.15, -0.1) is 0 Å². The maximum absolute atomic E-state index is 12.4. The number of amides is 1. The Morgan fingerprint density at radius 3 is 2.81 bits per heavy atom. The summed E-state index contributed by atoms with van der Waals surface area (Å²) < 4.78 is 3.63. The van der Waals surface area contributed by atoms with Crippen LogP contribution in [-0.4, -0.2) is 38.6 Å². The van der Waals surface area contributed by atoms with E-state index in [0.717, 1.165) is 42.9 Å². The molecule has 1 aliphatic heterocycles. The fourth-order valence-corrected chi connectivity index (χ4v) is 3.51.